The van der Waals surface area contributed by atoms with E-state index < -0.39 is 20.0 Å². The maximum Gasteiger partial charge on any atom is 0.472 e. The van der Waals surface area contributed by atoms with Crippen molar-refractivity contribution in [1.29, 1.82) is 0 Å². The Labute approximate surface area is 403 Å². The van der Waals surface area contributed by atoms with Gasteiger partial charge in [0.05, 0.1) is 39.9 Å². The van der Waals surface area contributed by atoms with Gasteiger partial charge >= 0.3 is 7.82 Å². The van der Waals surface area contributed by atoms with Crippen molar-refractivity contribution in [3.05, 3.63) is 48.6 Å². The summed E-state index contributed by atoms with van der Waals surface area (Å²) >= 11 is 0. The van der Waals surface area contributed by atoms with Crippen LogP contribution in [0.3, 0.4) is 0 Å². The van der Waals surface area contributed by atoms with Crippen LogP contribution in [0.4, 0.5) is 0 Å². The first-order chi connectivity index (χ1) is 31.5. The van der Waals surface area contributed by atoms with Gasteiger partial charge in [0, 0.05) is 6.42 Å². The number of aliphatic hydroxyl groups is 1. The van der Waals surface area contributed by atoms with Gasteiger partial charge in [0.25, 0.3) is 0 Å². The first-order valence-corrected chi connectivity index (χ1v) is 29.0. The minimum Gasteiger partial charge on any atom is -0.387 e. The Morgan fingerprint density at radius 1 is 0.523 bits per heavy atom. The average molecular weight is 936 g/mol. The Kier molecular flexibility index (Phi) is 46.4. The van der Waals surface area contributed by atoms with E-state index in [1.165, 1.54) is 180 Å². The van der Waals surface area contributed by atoms with Crippen molar-refractivity contribution >= 4 is 13.7 Å². The number of likely N-dealkylation sites (N-methyl/N-ethyl adjacent to an activating group) is 1. The van der Waals surface area contributed by atoms with Gasteiger partial charge in [-0.25, -0.2) is 4.57 Å². The number of hydrogen-bond donors (Lipinski definition) is 3. The highest BCUT2D eigenvalue weighted by Gasteiger charge is 2.27. The summed E-state index contributed by atoms with van der Waals surface area (Å²) in [6, 6.07) is -0.848. The van der Waals surface area contributed by atoms with Gasteiger partial charge < -0.3 is 19.8 Å². The Morgan fingerprint density at radius 2 is 0.877 bits per heavy atom. The van der Waals surface area contributed by atoms with Crippen LogP contribution in [0.5, 0.6) is 0 Å². The maximum atomic E-state index is 13.0. The highest BCUT2D eigenvalue weighted by atomic mass is 31.2. The average Bonchev–Trinajstić information content (AvgIpc) is 3.26. The molecule has 0 aliphatic rings. The number of unbranched alkanes of at least 4 members (excludes halogenated alkanes) is 31. The lowest BCUT2D eigenvalue weighted by atomic mass is 10.0. The summed E-state index contributed by atoms with van der Waals surface area (Å²) in [6.07, 6.45) is 61.9. The van der Waals surface area contributed by atoms with Gasteiger partial charge in [-0.3, -0.25) is 13.8 Å². The number of allylic oxidation sites excluding steroid dienone is 7. The molecule has 1 amide bonds. The molecule has 8 nitrogen and oxygen atoms in total. The SMILES string of the molecule is CCCCCCC/C=C\C/C=C\C/C=C\CCCCCCCCCCCCCCC(=O)NC(COP(=O)(O)OCC[N+](C)(C)C)C(O)/C=C/CCCCCCCCCCCCCCCC. The number of rotatable bonds is 50. The Bertz CT molecular complexity index is 1200. The molecule has 0 bridgehead atoms. The zero-order chi connectivity index (χ0) is 47.8. The molecule has 3 atom stereocenters. The molecule has 0 aliphatic carbocycles. The smallest absolute Gasteiger partial charge is 0.387 e. The molecule has 0 radical (unpaired) electrons. The molecule has 0 aromatic carbocycles. The van der Waals surface area contributed by atoms with E-state index in [0.29, 0.717) is 17.4 Å². The second-order valence-electron chi connectivity index (χ2n) is 20.0. The van der Waals surface area contributed by atoms with Crippen LogP contribution in [-0.4, -0.2) is 73.4 Å². The van der Waals surface area contributed by atoms with Gasteiger partial charge in [-0.05, 0) is 57.8 Å². The first-order valence-electron chi connectivity index (χ1n) is 27.5. The number of carbonyl (C=O) groups excluding carboxylic acids is 1. The second kappa shape index (κ2) is 47.5. The summed E-state index contributed by atoms with van der Waals surface area (Å²) in [5.74, 6) is -0.178. The van der Waals surface area contributed by atoms with E-state index in [2.05, 4.69) is 55.6 Å². The molecule has 3 N–H and O–H groups in total. The third-order valence-electron chi connectivity index (χ3n) is 12.3. The molecule has 0 aliphatic heterocycles. The number of amides is 1. The molecule has 0 heterocycles. The van der Waals surface area contributed by atoms with Gasteiger partial charge in [0.1, 0.15) is 13.2 Å². The largest absolute Gasteiger partial charge is 0.472 e. The monoisotopic (exact) mass is 936 g/mol. The number of phosphoric acid groups is 1. The Morgan fingerprint density at radius 3 is 1.28 bits per heavy atom. The zero-order valence-electron chi connectivity index (χ0n) is 43.5. The third-order valence-corrected chi connectivity index (χ3v) is 13.3. The van der Waals surface area contributed by atoms with E-state index in [1.807, 2.05) is 27.2 Å². The summed E-state index contributed by atoms with van der Waals surface area (Å²) in [5.41, 5.74) is 0. The molecule has 0 aromatic rings. The lowest BCUT2D eigenvalue weighted by molar-refractivity contribution is -0.870. The molecule has 0 rings (SSSR count). The van der Waals surface area contributed by atoms with Gasteiger partial charge in [-0.1, -0.05) is 236 Å². The van der Waals surface area contributed by atoms with Crippen LogP contribution in [0.25, 0.3) is 0 Å². The fourth-order valence-electron chi connectivity index (χ4n) is 7.93. The van der Waals surface area contributed by atoms with Crippen molar-refractivity contribution in [3.8, 4) is 0 Å². The van der Waals surface area contributed by atoms with Crippen LogP contribution in [-0.2, 0) is 18.4 Å². The quantitative estimate of drug-likeness (QED) is 0.0243. The van der Waals surface area contributed by atoms with E-state index in [-0.39, 0.29) is 19.1 Å². The van der Waals surface area contributed by atoms with E-state index in [9.17, 15) is 19.4 Å². The van der Waals surface area contributed by atoms with Crippen LogP contribution < -0.4 is 5.32 Å². The summed E-state index contributed by atoms with van der Waals surface area (Å²) in [4.78, 5) is 23.3. The molecule has 0 fully saturated rings. The minimum atomic E-state index is -4.34. The number of nitrogens with one attached hydrogen (secondary N) is 1. The molecule has 0 saturated carbocycles. The number of phosphoric ester groups is 1. The van der Waals surface area contributed by atoms with E-state index in [4.69, 9.17) is 9.05 Å². The summed E-state index contributed by atoms with van der Waals surface area (Å²) in [7, 11) is 1.57. The minimum absolute atomic E-state index is 0.0607. The van der Waals surface area contributed by atoms with Crippen molar-refractivity contribution in [2.45, 2.75) is 264 Å². The topological polar surface area (TPSA) is 105 Å². The number of carbonyl (C=O) groups is 1. The zero-order valence-corrected chi connectivity index (χ0v) is 44.4. The van der Waals surface area contributed by atoms with E-state index in [1.54, 1.807) is 6.08 Å². The summed E-state index contributed by atoms with van der Waals surface area (Å²) in [6.45, 7) is 4.82. The predicted molar refractivity (Wildman–Crippen MR) is 281 cm³/mol. The fourth-order valence-corrected chi connectivity index (χ4v) is 8.67. The van der Waals surface area contributed by atoms with Crippen molar-refractivity contribution in [3.63, 3.8) is 0 Å². The molecule has 3 unspecified atom stereocenters. The Hall–Kier alpha value is -1.54. The highest BCUT2D eigenvalue weighted by molar-refractivity contribution is 7.47. The molecule has 65 heavy (non-hydrogen) atoms. The molecule has 9 heteroatoms. The van der Waals surface area contributed by atoms with Crippen LogP contribution in [0.2, 0.25) is 0 Å². The van der Waals surface area contributed by atoms with Gasteiger partial charge in [0.15, 0.2) is 0 Å². The number of aliphatic hydroxyl groups excluding tert-OH is 1. The Balaban J connectivity index is 4.20. The number of nitrogens with zero attached hydrogens (tertiary/aromatic N) is 1. The van der Waals surface area contributed by atoms with Gasteiger partial charge in [-0.15, -0.1) is 0 Å². The molecular formula is C56H108N2O6P+. The van der Waals surface area contributed by atoms with Crippen LogP contribution in [0.1, 0.15) is 251 Å². The molecular weight excluding hydrogens is 828 g/mol. The summed E-state index contributed by atoms with van der Waals surface area (Å²) in [5, 5.41) is 13.9. The maximum absolute atomic E-state index is 13.0. The molecule has 0 aromatic heterocycles. The normalized spacial score (nSPS) is 14.4. The first kappa shape index (κ1) is 63.5. The lowest BCUT2D eigenvalue weighted by Gasteiger charge is -2.25. The van der Waals surface area contributed by atoms with Crippen molar-refractivity contribution in [2.75, 3.05) is 40.9 Å². The lowest BCUT2D eigenvalue weighted by Crippen LogP contribution is -2.45. The van der Waals surface area contributed by atoms with Crippen molar-refractivity contribution < 1.29 is 32.9 Å². The molecule has 382 valence electrons. The van der Waals surface area contributed by atoms with E-state index in [0.717, 1.165) is 51.4 Å². The molecule has 0 spiro atoms. The van der Waals surface area contributed by atoms with Crippen LogP contribution >= 0.6 is 7.82 Å². The van der Waals surface area contributed by atoms with Crippen LogP contribution in [0, 0.1) is 0 Å². The predicted octanol–water partition coefficient (Wildman–Crippen LogP) is 16.4. The number of hydrogen-bond acceptors (Lipinski definition) is 5. The van der Waals surface area contributed by atoms with Crippen molar-refractivity contribution in [1.82, 2.24) is 5.32 Å². The summed E-state index contributed by atoms with van der Waals surface area (Å²) < 4.78 is 23.7. The van der Waals surface area contributed by atoms with Gasteiger partial charge in [-0.2, -0.15) is 0 Å². The fraction of sp³-hybridized carbons (Fsp3) is 0.839. The third kappa shape index (κ3) is 50.2. The van der Waals surface area contributed by atoms with Crippen LogP contribution in [0.15, 0.2) is 48.6 Å². The molecule has 0 saturated heterocycles. The number of quaternary nitrogens is 1. The second-order valence-corrected chi connectivity index (χ2v) is 21.4. The highest BCUT2D eigenvalue weighted by Crippen LogP contribution is 2.43. The van der Waals surface area contributed by atoms with E-state index >= 15 is 0 Å². The van der Waals surface area contributed by atoms with Gasteiger partial charge in [0.2, 0.25) is 5.91 Å². The van der Waals surface area contributed by atoms with Crippen molar-refractivity contribution in [2.24, 2.45) is 0 Å². The standard InChI is InChI=1S/C56H107N2O6P/c1-6-8-10-12-14-16-18-20-22-24-25-26-27-28-29-30-31-32-33-34-36-38-40-42-44-46-48-50-56(60)57-54(53-64-65(61,62)63-52-51-58(3,4)5)55(59)49-47-45-43-41-39-37-35-23-21-19-17-15-13-11-9-7-2/h18,20,24-25,27-28,47,49,54-55,59H,6-17,19,21-23,26,29-46,48,50-53H2,1-5H3,(H-,57,60,61,62)/p+1/b20-18-,25-24-,28-27-,49-47+.